The molecule has 0 aliphatic carbocycles. The van der Waals surface area contributed by atoms with Gasteiger partial charge in [0.05, 0.1) is 17.5 Å². The molecule has 0 unspecified atom stereocenters. The Kier molecular flexibility index (Phi) is 5.77. The monoisotopic (exact) mass is 374 g/mol. The summed E-state index contributed by atoms with van der Waals surface area (Å²) in [5.41, 5.74) is 2.09. The number of nitrogens with zero attached hydrogens (tertiary/aromatic N) is 2. The van der Waals surface area contributed by atoms with E-state index in [1.54, 1.807) is 16.4 Å². The quantitative estimate of drug-likeness (QED) is 0.873. The highest BCUT2D eigenvalue weighted by atomic mass is 32.2. The van der Waals surface area contributed by atoms with Crippen molar-refractivity contribution in [2.24, 2.45) is 0 Å². The van der Waals surface area contributed by atoms with E-state index in [2.05, 4.69) is 4.90 Å². The predicted molar refractivity (Wildman–Crippen MR) is 102 cm³/mol. The van der Waals surface area contributed by atoms with Gasteiger partial charge >= 0.3 is 0 Å². The second-order valence-electron chi connectivity index (χ2n) is 6.88. The van der Waals surface area contributed by atoms with Crippen molar-refractivity contribution < 1.29 is 13.5 Å². The molecule has 5 nitrogen and oxygen atoms in total. The van der Waals surface area contributed by atoms with Gasteiger partial charge in [0.15, 0.2) is 0 Å². The fourth-order valence-corrected chi connectivity index (χ4v) is 5.18. The predicted octanol–water partition coefficient (Wildman–Crippen LogP) is 2.42. The summed E-state index contributed by atoms with van der Waals surface area (Å²) in [5.74, 6) is 0. The molecule has 1 heterocycles. The van der Waals surface area contributed by atoms with Crippen LogP contribution in [0.25, 0.3) is 0 Å². The van der Waals surface area contributed by atoms with Gasteiger partial charge in [-0.3, -0.25) is 4.90 Å². The Labute approximate surface area is 155 Å². The van der Waals surface area contributed by atoms with Crippen molar-refractivity contribution in [1.82, 2.24) is 9.21 Å². The van der Waals surface area contributed by atoms with Crippen LogP contribution in [-0.4, -0.2) is 55.0 Å². The zero-order chi connectivity index (χ0) is 18.7. The fourth-order valence-electron chi connectivity index (χ4n) is 3.56. The molecule has 1 fully saturated rings. The largest absolute Gasteiger partial charge is 0.394 e. The highest BCUT2D eigenvalue weighted by Crippen LogP contribution is 2.27. The van der Waals surface area contributed by atoms with Crippen LogP contribution < -0.4 is 0 Å². The standard InChI is InChI=1S/C20H26N2O3S/c1-16-8-10-19(11-9-16)26(24,25)22-13-12-21(14-17(22)2)20(15-23)18-6-4-3-5-7-18/h3-11,17,20,23H,12-15H2,1-2H3/t17-,20+/m1/s1. The van der Waals surface area contributed by atoms with Gasteiger partial charge in [0.25, 0.3) is 0 Å². The van der Waals surface area contributed by atoms with E-state index in [0.29, 0.717) is 24.5 Å². The van der Waals surface area contributed by atoms with Gasteiger partial charge in [-0.1, -0.05) is 48.0 Å². The van der Waals surface area contributed by atoms with Crippen LogP contribution in [0.3, 0.4) is 0 Å². The van der Waals surface area contributed by atoms with Crippen LogP contribution in [0.15, 0.2) is 59.5 Å². The minimum atomic E-state index is -3.50. The van der Waals surface area contributed by atoms with Crippen LogP contribution >= 0.6 is 0 Å². The lowest BCUT2D eigenvalue weighted by molar-refractivity contribution is 0.0676. The summed E-state index contributed by atoms with van der Waals surface area (Å²) >= 11 is 0. The molecule has 0 saturated carbocycles. The molecule has 6 heteroatoms. The van der Waals surface area contributed by atoms with Crippen molar-refractivity contribution in [3.05, 3.63) is 65.7 Å². The Morgan fingerprint density at radius 3 is 2.31 bits per heavy atom. The highest BCUT2D eigenvalue weighted by Gasteiger charge is 2.35. The number of benzene rings is 2. The van der Waals surface area contributed by atoms with Gasteiger partial charge in [-0.05, 0) is 31.5 Å². The van der Waals surface area contributed by atoms with Gasteiger partial charge in [0.1, 0.15) is 0 Å². The number of piperazine rings is 1. The van der Waals surface area contributed by atoms with Crippen molar-refractivity contribution in [1.29, 1.82) is 0 Å². The van der Waals surface area contributed by atoms with Crippen molar-refractivity contribution in [3.8, 4) is 0 Å². The van der Waals surface area contributed by atoms with Crippen molar-refractivity contribution in [3.63, 3.8) is 0 Å². The first-order valence-corrected chi connectivity index (χ1v) is 10.4. The van der Waals surface area contributed by atoms with E-state index in [4.69, 9.17) is 0 Å². The molecule has 2 aromatic rings. The third-order valence-corrected chi connectivity index (χ3v) is 7.05. The Hall–Kier alpha value is -1.73. The van der Waals surface area contributed by atoms with Crippen molar-refractivity contribution >= 4 is 10.0 Å². The smallest absolute Gasteiger partial charge is 0.243 e. The minimum Gasteiger partial charge on any atom is -0.394 e. The fraction of sp³-hybridized carbons (Fsp3) is 0.400. The zero-order valence-electron chi connectivity index (χ0n) is 15.2. The van der Waals surface area contributed by atoms with Crippen molar-refractivity contribution in [2.75, 3.05) is 26.2 Å². The Morgan fingerprint density at radius 1 is 1.08 bits per heavy atom. The normalized spacial score (nSPS) is 20.8. The lowest BCUT2D eigenvalue weighted by Crippen LogP contribution is -2.54. The minimum absolute atomic E-state index is 0.0153. The van der Waals surface area contributed by atoms with E-state index < -0.39 is 10.0 Å². The number of aliphatic hydroxyl groups excluding tert-OH is 1. The lowest BCUT2D eigenvalue weighted by atomic mass is 10.0. The lowest BCUT2D eigenvalue weighted by Gasteiger charge is -2.42. The van der Waals surface area contributed by atoms with Crippen LogP contribution in [0.4, 0.5) is 0 Å². The van der Waals surface area contributed by atoms with Crippen LogP contribution in [0.5, 0.6) is 0 Å². The second kappa shape index (κ2) is 7.88. The first-order chi connectivity index (χ1) is 12.4. The summed E-state index contributed by atoms with van der Waals surface area (Å²) in [7, 11) is -3.50. The molecule has 1 aliphatic rings. The first kappa shape index (κ1) is 19.0. The maximum Gasteiger partial charge on any atom is 0.243 e. The SMILES string of the molecule is Cc1ccc(S(=O)(=O)N2CCN([C@@H](CO)c3ccccc3)C[C@H]2C)cc1. The summed E-state index contributed by atoms with van der Waals surface area (Å²) in [5, 5.41) is 9.87. The number of hydrogen-bond acceptors (Lipinski definition) is 4. The number of rotatable bonds is 5. The Morgan fingerprint density at radius 2 is 1.73 bits per heavy atom. The summed E-state index contributed by atoms with van der Waals surface area (Å²) in [6.45, 7) is 5.48. The van der Waals surface area contributed by atoms with Gasteiger partial charge in [-0.2, -0.15) is 4.31 Å². The summed E-state index contributed by atoms with van der Waals surface area (Å²) in [4.78, 5) is 2.51. The van der Waals surface area contributed by atoms with Crippen LogP contribution in [0.1, 0.15) is 24.1 Å². The molecule has 0 spiro atoms. The summed E-state index contributed by atoms with van der Waals surface area (Å²) < 4.78 is 27.5. The van der Waals surface area contributed by atoms with Crippen molar-refractivity contribution in [2.45, 2.75) is 30.8 Å². The molecule has 1 N–H and O–H groups in total. The van der Waals surface area contributed by atoms with Gasteiger partial charge in [-0.25, -0.2) is 8.42 Å². The molecule has 3 rings (SSSR count). The molecule has 2 aromatic carbocycles. The van der Waals surface area contributed by atoms with E-state index in [9.17, 15) is 13.5 Å². The molecule has 140 valence electrons. The summed E-state index contributed by atoms with van der Waals surface area (Å²) in [6, 6.07) is 16.6. The maximum atomic E-state index is 13.0. The number of sulfonamides is 1. The third kappa shape index (κ3) is 3.83. The van der Waals surface area contributed by atoms with E-state index in [-0.39, 0.29) is 18.7 Å². The Balaban J connectivity index is 1.77. The molecule has 0 amide bonds. The zero-order valence-corrected chi connectivity index (χ0v) is 16.1. The third-order valence-electron chi connectivity index (χ3n) is 5.02. The molecule has 1 saturated heterocycles. The number of hydrogen-bond donors (Lipinski definition) is 1. The molecule has 0 aromatic heterocycles. The van der Waals surface area contributed by atoms with Crippen LogP contribution in [0.2, 0.25) is 0 Å². The Bertz CT molecular complexity index is 822. The summed E-state index contributed by atoms with van der Waals surface area (Å²) in [6.07, 6.45) is 0. The van der Waals surface area contributed by atoms with Gasteiger partial charge in [0, 0.05) is 25.7 Å². The first-order valence-electron chi connectivity index (χ1n) is 8.92. The average molecular weight is 375 g/mol. The molecular formula is C20H26N2O3S. The van der Waals surface area contributed by atoms with Crippen LogP contribution in [0, 0.1) is 6.92 Å². The second-order valence-corrected chi connectivity index (χ2v) is 8.77. The molecular weight excluding hydrogens is 348 g/mol. The van der Waals surface area contributed by atoms with Gasteiger partial charge in [-0.15, -0.1) is 0 Å². The van der Waals surface area contributed by atoms with E-state index in [0.717, 1.165) is 11.1 Å². The topological polar surface area (TPSA) is 60.9 Å². The van der Waals surface area contributed by atoms with E-state index in [1.807, 2.05) is 56.3 Å². The number of aryl methyl sites for hydroxylation is 1. The average Bonchev–Trinajstić information content (AvgIpc) is 2.63. The van der Waals surface area contributed by atoms with Gasteiger partial charge < -0.3 is 5.11 Å². The molecule has 1 aliphatic heterocycles. The molecule has 26 heavy (non-hydrogen) atoms. The van der Waals surface area contributed by atoms with E-state index >= 15 is 0 Å². The maximum absolute atomic E-state index is 13.0. The molecule has 2 atom stereocenters. The van der Waals surface area contributed by atoms with Gasteiger partial charge in [0.2, 0.25) is 10.0 Å². The molecule has 0 radical (unpaired) electrons. The highest BCUT2D eigenvalue weighted by molar-refractivity contribution is 7.89. The number of aliphatic hydroxyl groups is 1. The van der Waals surface area contributed by atoms with Crippen LogP contribution in [-0.2, 0) is 10.0 Å². The van der Waals surface area contributed by atoms with E-state index in [1.165, 1.54) is 0 Å². The molecule has 0 bridgehead atoms.